The standard InChI is InChI=1S/C24H20N4O4/c1-15-10-19(16(2)27(15)20-8-5-9-21(13-20)28(31)32)14-25-26-24(30)22-11-17-6-3-4-7-18(17)12-23(22)29/h3-14,29H,1-2H3,(H,26,30). The summed E-state index contributed by atoms with van der Waals surface area (Å²) in [4.78, 5) is 23.2. The van der Waals surface area contributed by atoms with E-state index < -0.39 is 10.8 Å². The molecule has 0 aliphatic heterocycles. The maximum absolute atomic E-state index is 12.5. The van der Waals surface area contributed by atoms with Gasteiger partial charge in [-0.05, 0) is 48.9 Å². The molecule has 0 atom stereocenters. The highest BCUT2D eigenvalue weighted by atomic mass is 16.6. The van der Waals surface area contributed by atoms with E-state index in [1.165, 1.54) is 18.3 Å². The maximum Gasteiger partial charge on any atom is 0.275 e. The van der Waals surface area contributed by atoms with Crippen LogP contribution >= 0.6 is 0 Å². The molecule has 1 heterocycles. The number of phenols is 1. The number of hydrogen-bond donors (Lipinski definition) is 2. The zero-order valence-electron chi connectivity index (χ0n) is 17.4. The topological polar surface area (TPSA) is 110 Å². The van der Waals surface area contributed by atoms with Gasteiger partial charge < -0.3 is 9.67 Å². The first-order valence-corrected chi connectivity index (χ1v) is 9.84. The molecule has 4 rings (SSSR count). The first-order chi connectivity index (χ1) is 15.3. The summed E-state index contributed by atoms with van der Waals surface area (Å²) in [6.07, 6.45) is 1.51. The summed E-state index contributed by atoms with van der Waals surface area (Å²) in [5.74, 6) is -0.655. The molecule has 0 bridgehead atoms. The Labute approximate surface area is 183 Å². The second-order valence-electron chi connectivity index (χ2n) is 7.35. The summed E-state index contributed by atoms with van der Waals surface area (Å²) >= 11 is 0. The molecule has 0 spiro atoms. The van der Waals surface area contributed by atoms with Crippen LogP contribution in [0.25, 0.3) is 16.5 Å². The lowest BCUT2D eigenvalue weighted by Gasteiger charge is -2.09. The van der Waals surface area contributed by atoms with E-state index in [1.807, 2.05) is 48.7 Å². The van der Waals surface area contributed by atoms with Crippen LogP contribution in [0.1, 0.15) is 27.3 Å². The number of nitrogens with zero attached hydrogens (tertiary/aromatic N) is 3. The molecule has 0 fully saturated rings. The highest BCUT2D eigenvalue weighted by molar-refractivity contribution is 6.01. The molecule has 160 valence electrons. The number of hydrogen-bond acceptors (Lipinski definition) is 5. The van der Waals surface area contributed by atoms with Gasteiger partial charge in [-0.3, -0.25) is 14.9 Å². The van der Waals surface area contributed by atoms with Crippen molar-refractivity contribution in [3.05, 3.63) is 99.4 Å². The van der Waals surface area contributed by atoms with Gasteiger partial charge in [0.05, 0.1) is 22.4 Å². The highest BCUT2D eigenvalue weighted by Gasteiger charge is 2.14. The highest BCUT2D eigenvalue weighted by Crippen LogP contribution is 2.25. The van der Waals surface area contributed by atoms with Crippen molar-refractivity contribution < 1.29 is 14.8 Å². The molecule has 2 N–H and O–H groups in total. The van der Waals surface area contributed by atoms with Gasteiger partial charge in [-0.1, -0.05) is 30.3 Å². The number of hydrazone groups is 1. The van der Waals surface area contributed by atoms with E-state index in [-0.39, 0.29) is 17.0 Å². The van der Waals surface area contributed by atoms with Gasteiger partial charge in [0.25, 0.3) is 11.6 Å². The molecule has 1 amide bonds. The monoisotopic (exact) mass is 428 g/mol. The lowest BCUT2D eigenvalue weighted by molar-refractivity contribution is -0.384. The molecule has 0 unspecified atom stereocenters. The van der Waals surface area contributed by atoms with E-state index in [2.05, 4.69) is 10.5 Å². The molecule has 8 heteroatoms. The Morgan fingerprint density at radius 3 is 2.50 bits per heavy atom. The summed E-state index contributed by atoms with van der Waals surface area (Å²) in [5.41, 5.74) is 5.67. The van der Waals surface area contributed by atoms with Gasteiger partial charge in [-0.25, -0.2) is 5.43 Å². The quantitative estimate of drug-likeness (QED) is 0.274. The lowest BCUT2D eigenvalue weighted by atomic mass is 10.1. The van der Waals surface area contributed by atoms with Gasteiger partial charge in [0.2, 0.25) is 0 Å². The number of aromatic hydroxyl groups is 1. The number of carbonyl (C=O) groups excluding carboxylic acids is 1. The first-order valence-electron chi connectivity index (χ1n) is 9.84. The van der Waals surface area contributed by atoms with Crippen LogP contribution in [-0.4, -0.2) is 26.7 Å². The molecule has 0 saturated carbocycles. The summed E-state index contributed by atoms with van der Waals surface area (Å²) in [7, 11) is 0. The van der Waals surface area contributed by atoms with Crippen molar-refractivity contribution >= 4 is 28.6 Å². The zero-order chi connectivity index (χ0) is 22.8. The number of non-ortho nitro benzene ring substituents is 1. The Morgan fingerprint density at radius 2 is 1.78 bits per heavy atom. The van der Waals surface area contributed by atoms with Crippen molar-refractivity contribution in [2.45, 2.75) is 13.8 Å². The molecule has 32 heavy (non-hydrogen) atoms. The van der Waals surface area contributed by atoms with E-state index in [9.17, 15) is 20.0 Å². The molecule has 4 aromatic rings. The molecular formula is C24H20N4O4. The van der Waals surface area contributed by atoms with Crippen LogP contribution in [0.5, 0.6) is 5.75 Å². The maximum atomic E-state index is 12.5. The van der Waals surface area contributed by atoms with Crippen LogP contribution in [-0.2, 0) is 0 Å². The van der Waals surface area contributed by atoms with Gasteiger partial charge >= 0.3 is 0 Å². The van der Waals surface area contributed by atoms with Crippen LogP contribution in [0.4, 0.5) is 5.69 Å². The Hall–Kier alpha value is -4.46. The third kappa shape index (κ3) is 3.93. The third-order valence-corrected chi connectivity index (χ3v) is 5.25. The minimum absolute atomic E-state index is 0.00710. The molecule has 0 radical (unpaired) electrons. The lowest BCUT2D eigenvalue weighted by Crippen LogP contribution is -2.17. The third-order valence-electron chi connectivity index (χ3n) is 5.25. The fourth-order valence-electron chi connectivity index (χ4n) is 3.69. The molecule has 0 aliphatic rings. The van der Waals surface area contributed by atoms with E-state index in [1.54, 1.807) is 24.3 Å². The van der Waals surface area contributed by atoms with Crippen molar-refractivity contribution in [3.63, 3.8) is 0 Å². The number of aromatic nitrogens is 1. The normalized spacial score (nSPS) is 11.2. The molecule has 3 aromatic carbocycles. The van der Waals surface area contributed by atoms with Crippen LogP contribution < -0.4 is 5.43 Å². The van der Waals surface area contributed by atoms with Crippen LogP contribution in [0, 0.1) is 24.0 Å². The van der Waals surface area contributed by atoms with E-state index in [0.29, 0.717) is 5.69 Å². The minimum Gasteiger partial charge on any atom is -0.507 e. The average Bonchev–Trinajstić information content (AvgIpc) is 3.06. The number of nitrogens with one attached hydrogen (secondary N) is 1. The van der Waals surface area contributed by atoms with Crippen molar-refractivity contribution in [3.8, 4) is 11.4 Å². The van der Waals surface area contributed by atoms with Crippen molar-refractivity contribution in [1.82, 2.24) is 9.99 Å². The number of aryl methyl sites for hydroxylation is 1. The SMILES string of the molecule is Cc1cc(C=NNC(=O)c2cc3ccccc3cc2O)c(C)n1-c1cccc([N+](=O)[O-])c1. The van der Waals surface area contributed by atoms with E-state index in [0.717, 1.165) is 27.7 Å². The fraction of sp³-hybridized carbons (Fsp3) is 0.0833. The molecule has 8 nitrogen and oxygen atoms in total. The van der Waals surface area contributed by atoms with Gasteiger partial charge in [0.15, 0.2) is 0 Å². The van der Waals surface area contributed by atoms with Crippen molar-refractivity contribution in [1.29, 1.82) is 0 Å². The van der Waals surface area contributed by atoms with Crippen LogP contribution in [0.3, 0.4) is 0 Å². The largest absolute Gasteiger partial charge is 0.507 e. The summed E-state index contributed by atoms with van der Waals surface area (Å²) in [5, 5.41) is 27.0. The van der Waals surface area contributed by atoms with Crippen molar-refractivity contribution in [2.24, 2.45) is 5.10 Å². The van der Waals surface area contributed by atoms with E-state index >= 15 is 0 Å². The van der Waals surface area contributed by atoms with Gasteiger partial charge in [0.1, 0.15) is 5.75 Å². The number of amides is 1. The number of fused-ring (bicyclic) bond motifs is 1. The number of nitro benzene ring substituents is 1. The second-order valence-corrected chi connectivity index (χ2v) is 7.35. The summed E-state index contributed by atoms with van der Waals surface area (Å²) < 4.78 is 1.88. The number of nitro groups is 1. The summed E-state index contributed by atoms with van der Waals surface area (Å²) in [6.45, 7) is 3.75. The molecular weight excluding hydrogens is 408 g/mol. The Morgan fingerprint density at radius 1 is 1.06 bits per heavy atom. The number of benzene rings is 3. The van der Waals surface area contributed by atoms with Gasteiger partial charge in [-0.2, -0.15) is 5.10 Å². The first kappa shape index (κ1) is 20.8. The second kappa shape index (κ2) is 8.35. The average molecular weight is 428 g/mol. The number of phenolic OH excluding ortho intramolecular Hbond substituents is 1. The molecule has 0 saturated heterocycles. The Balaban J connectivity index is 1.57. The number of rotatable bonds is 5. The summed E-state index contributed by atoms with van der Waals surface area (Å²) in [6, 6.07) is 18.8. The smallest absolute Gasteiger partial charge is 0.275 e. The molecule has 0 aliphatic carbocycles. The molecule has 1 aromatic heterocycles. The predicted octanol–water partition coefficient (Wildman–Crippen LogP) is 4.63. The van der Waals surface area contributed by atoms with Gasteiger partial charge in [0, 0.05) is 29.1 Å². The fourth-order valence-corrected chi connectivity index (χ4v) is 3.69. The number of carbonyl (C=O) groups is 1. The zero-order valence-corrected chi connectivity index (χ0v) is 17.4. The predicted molar refractivity (Wildman–Crippen MR) is 123 cm³/mol. The van der Waals surface area contributed by atoms with Gasteiger partial charge in [-0.15, -0.1) is 0 Å². The Bertz CT molecular complexity index is 1390. The van der Waals surface area contributed by atoms with Crippen LogP contribution in [0.15, 0.2) is 71.8 Å². The van der Waals surface area contributed by atoms with E-state index in [4.69, 9.17) is 0 Å². The minimum atomic E-state index is -0.531. The van der Waals surface area contributed by atoms with Crippen molar-refractivity contribution in [2.75, 3.05) is 0 Å². The van der Waals surface area contributed by atoms with Crippen LogP contribution in [0.2, 0.25) is 0 Å². The Kier molecular flexibility index (Phi) is 5.43.